The number of benzene rings is 2. The third-order valence-corrected chi connectivity index (χ3v) is 6.94. The second kappa shape index (κ2) is 8.14. The highest BCUT2D eigenvalue weighted by atomic mass is 14.9. The van der Waals surface area contributed by atoms with Gasteiger partial charge in [-0.05, 0) is 53.9 Å². The fourth-order valence-corrected chi connectivity index (χ4v) is 5.03. The van der Waals surface area contributed by atoms with Gasteiger partial charge >= 0.3 is 0 Å². The van der Waals surface area contributed by atoms with E-state index in [1.165, 1.54) is 11.1 Å². The van der Waals surface area contributed by atoms with Crippen molar-refractivity contribution in [2.45, 2.75) is 39.0 Å². The van der Waals surface area contributed by atoms with Gasteiger partial charge in [-0.1, -0.05) is 62.4 Å². The number of para-hydroxylation sites is 2. The summed E-state index contributed by atoms with van der Waals surface area (Å²) in [5, 5.41) is 0. The molecule has 2 atom stereocenters. The SMILES string of the molecule is Cc1ccc(Cc2cccc(C3=Nc4ccccc4C3C)n2)nc1C1=Nc2ccccc2C1C. The zero-order valence-electron chi connectivity index (χ0n) is 19.7. The van der Waals surface area contributed by atoms with E-state index in [9.17, 15) is 0 Å². The number of rotatable bonds is 4. The third kappa shape index (κ3) is 3.47. The highest BCUT2D eigenvalue weighted by molar-refractivity contribution is 6.09. The van der Waals surface area contributed by atoms with Crippen LogP contribution in [0.3, 0.4) is 0 Å². The van der Waals surface area contributed by atoms with Crippen molar-refractivity contribution in [1.29, 1.82) is 0 Å². The molecule has 166 valence electrons. The van der Waals surface area contributed by atoms with Crippen LogP contribution in [-0.4, -0.2) is 21.4 Å². The molecule has 2 aliphatic heterocycles. The van der Waals surface area contributed by atoms with E-state index in [-0.39, 0.29) is 11.8 Å². The van der Waals surface area contributed by atoms with Crippen LogP contribution in [0, 0.1) is 6.92 Å². The van der Waals surface area contributed by atoms with Crippen molar-refractivity contribution in [3.05, 3.63) is 118 Å². The van der Waals surface area contributed by atoms with Gasteiger partial charge in [0, 0.05) is 29.6 Å². The molecule has 0 saturated carbocycles. The summed E-state index contributed by atoms with van der Waals surface area (Å²) < 4.78 is 0. The predicted octanol–water partition coefficient (Wildman–Crippen LogP) is 6.85. The maximum atomic E-state index is 5.06. The van der Waals surface area contributed by atoms with Crippen LogP contribution in [0.15, 0.2) is 88.8 Å². The Bertz CT molecular complexity index is 1480. The molecule has 0 aliphatic carbocycles. The van der Waals surface area contributed by atoms with E-state index in [1.54, 1.807) is 0 Å². The maximum absolute atomic E-state index is 5.06. The van der Waals surface area contributed by atoms with Gasteiger partial charge in [0.2, 0.25) is 0 Å². The van der Waals surface area contributed by atoms with Gasteiger partial charge in [-0.3, -0.25) is 20.0 Å². The lowest BCUT2D eigenvalue weighted by atomic mass is 9.94. The van der Waals surface area contributed by atoms with E-state index >= 15 is 0 Å². The summed E-state index contributed by atoms with van der Waals surface area (Å²) in [5.74, 6) is 0.481. The summed E-state index contributed by atoms with van der Waals surface area (Å²) >= 11 is 0. The lowest BCUT2D eigenvalue weighted by Gasteiger charge is -2.13. The van der Waals surface area contributed by atoms with Crippen LogP contribution in [0.25, 0.3) is 0 Å². The maximum Gasteiger partial charge on any atom is 0.0883 e. The molecule has 6 rings (SSSR count). The molecule has 0 radical (unpaired) electrons. The first-order valence-electron chi connectivity index (χ1n) is 11.9. The standard InChI is InChI=1S/C30H26N4/c1-18-15-16-22(32-28(18)30-20(3)24-11-5-7-13-26(24)34-30)17-21-9-8-14-27(31-21)29-19(2)23-10-4-6-12-25(23)33-29/h4-16,19-20H,17H2,1-3H3. The second-order valence-electron chi connectivity index (χ2n) is 9.21. The van der Waals surface area contributed by atoms with Crippen molar-refractivity contribution in [3.63, 3.8) is 0 Å². The molecule has 0 fully saturated rings. The van der Waals surface area contributed by atoms with Crippen molar-refractivity contribution in [2.24, 2.45) is 9.98 Å². The van der Waals surface area contributed by atoms with Crippen LogP contribution >= 0.6 is 0 Å². The number of nitrogens with zero attached hydrogens (tertiary/aromatic N) is 4. The molecular weight excluding hydrogens is 416 g/mol. The molecule has 34 heavy (non-hydrogen) atoms. The Hall–Kier alpha value is -3.92. The van der Waals surface area contributed by atoms with Crippen molar-refractivity contribution in [3.8, 4) is 0 Å². The van der Waals surface area contributed by atoms with Crippen LogP contribution in [0.1, 0.15) is 65.1 Å². The predicted molar refractivity (Wildman–Crippen MR) is 138 cm³/mol. The molecule has 0 saturated heterocycles. The Balaban J connectivity index is 1.29. The molecule has 2 aromatic heterocycles. The third-order valence-electron chi connectivity index (χ3n) is 6.94. The number of aromatic nitrogens is 2. The Kier molecular flexibility index (Phi) is 4.95. The van der Waals surface area contributed by atoms with E-state index in [0.717, 1.165) is 51.1 Å². The molecule has 0 N–H and O–H groups in total. The zero-order chi connectivity index (χ0) is 23.2. The first kappa shape index (κ1) is 20.7. The van der Waals surface area contributed by atoms with Crippen LogP contribution in [0.5, 0.6) is 0 Å². The minimum Gasteiger partial charge on any atom is -0.251 e. The monoisotopic (exact) mass is 442 g/mol. The summed E-state index contributed by atoms with van der Waals surface area (Å²) in [6.45, 7) is 6.53. The number of fused-ring (bicyclic) bond motifs is 2. The van der Waals surface area contributed by atoms with Gasteiger partial charge in [-0.25, -0.2) is 0 Å². The molecule has 0 spiro atoms. The molecule has 0 amide bonds. The minimum atomic E-state index is 0.239. The van der Waals surface area contributed by atoms with Crippen molar-refractivity contribution in [2.75, 3.05) is 0 Å². The highest BCUT2D eigenvalue weighted by Gasteiger charge is 2.27. The van der Waals surface area contributed by atoms with Gasteiger partial charge in [-0.2, -0.15) is 0 Å². The molecule has 2 aliphatic rings. The van der Waals surface area contributed by atoms with Gasteiger partial charge < -0.3 is 0 Å². The number of pyridine rings is 2. The molecule has 2 unspecified atom stereocenters. The van der Waals surface area contributed by atoms with Crippen molar-refractivity contribution >= 4 is 22.8 Å². The Morgan fingerprint density at radius 1 is 0.618 bits per heavy atom. The van der Waals surface area contributed by atoms with E-state index in [4.69, 9.17) is 20.0 Å². The van der Waals surface area contributed by atoms with E-state index in [0.29, 0.717) is 6.42 Å². The Morgan fingerprint density at radius 2 is 1.24 bits per heavy atom. The number of hydrogen-bond acceptors (Lipinski definition) is 4. The number of aliphatic imine (C=N–C) groups is 2. The summed E-state index contributed by atoms with van der Waals surface area (Å²) in [6, 6.07) is 27.2. The van der Waals surface area contributed by atoms with Crippen LogP contribution in [-0.2, 0) is 6.42 Å². The van der Waals surface area contributed by atoms with E-state index < -0.39 is 0 Å². The largest absolute Gasteiger partial charge is 0.251 e. The average molecular weight is 443 g/mol. The molecule has 4 heteroatoms. The lowest BCUT2D eigenvalue weighted by Crippen LogP contribution is -2.13. The summed E-state index contributed by atoms with van der Waals surface area (Å²) in [7, 11) is 0. The number of hydrogen-bond donors (Lipinski definition) is 0. The van der Waals surface area contributed by atoms with Gasteiger partial charge in [0.05, 0.1) is 34.2 Å². The minimum absolute atomic E-state index is 0.239. The fourth-order valence-electron chi connectivity index (χ4n) is 5.03. The van der Waals surface area contributed by atoms with Crippen molar-refractivity contribution < 1.29 is 0 Å². The van der Waals surface area contributed by atoms with Gasteiger partial charge in [0.15, 0.2) is 0 Å². The average Bonchev–Trinajstić information content (AvgIpc) is 3.38. The van der Waals surface area contributed by atoms with Gasteiger partial charge in [-0.15, -0.1) is 0 Å². The highest BCUT2D eigenvalue weighted by Crippen LogP contribution is 2.38. The van der Waals surface area contributed by atoms with E-state index in [1.807, 2.05) is 12.1 Å². The Labute approximate surface area is 200 Å². The summed E-state index contributed by atoms with van der Waals surface area (Å²) in [6.07, 6.45) is 0.671. The fraction of sp³-hybridized carbons (Fsp3) is 0.200. The summed E-state index contributed by atoms with van der Waals surface area (Å²) in [5.41, 5.74) is 11.8. The van der Waals surface area contributed by atoms with Gasteiger partial charge in [0.1, 0.15) is 0 Å². The molecule has 4 aromatic rings. The number of aryl methyl sites for hydroxylation is 1. The second-order valence-corrected chi connectivity index (χ2v) is 9.21. The van der Waals surface area contributed by atoms with Crippen LogP contribution in [0.2, 0.25) is 0 Å². The molecule has 4 heterocycles. The van der Waals surface area contributed by atoms with Crippen LogP contribution in [0.4, 0.5) is 11.4 Å². The first-order chi connectivity index (χ1) is 16.6. The molecular formula is C30H26N4. The first-order valence-corrected chi connectivity index (χ1v) is 11.9. The topological polar surface area (TPSA) is 50.5 Å². The van der Waals surface area contributed by atoms with Crippen LogP contribution < -0.4 is 0 Å². The molecule has 2 aromatic carbocycles. The lowest BCUT2D eigenvalue weighted by molar-refractivity contribution is 0.974. The van der Waals surface area contributed by atoms with Crippen molar-refractivity contribution in [1.82, 2.24) is 9.97 Å². The summed E-state index contributed by atoms with van der Waals surface area (Å²) in [4.78, 5) is 19.8. The normalized spacial score (nSPS) is 18.3. The smallest absolute Gasteiger partial charge is 0.0883 e. The molecule has 0 bridgehead atoms. The van der Waals surface area contributed by atoms with Gasteiger partial charge in [0.25, 0.3) is 0 Å². The quantitative estimate of drug-likeness (QED) is 0.347. The Morgan fingerprint density at radius 3 is 1.94 bits per heavy atom. The zero-order valence-corrected chi connectivity index (χ0v) is 19.7. The van der Waals surface area contributed by atoms with E-state index in [2.05, 4.69) is 87.5 Å². The molecule has 4 nitrogen and oxygen atoms in total.